The lowest BCUT2D eigenvalue weighted by atomic mass is 9.85. The topological polar surface area (TPSA) is 165 Å². The molecule has 5 atom stereocenters. The number of aryl methyl sites for hydroxylation is 1. The summed E-state index contributed by atoms with van der Waals surface area (Å²) in [5.41, 5.74) is 1.87. The van der Waals surface area contributed by atoms with Crippen LogP contribution in [0.25, 0.3) is 11.0 Å². The Hall–Kier alpha value is -5.02. The number of hydrogen-bond acceptors (Lipinski definition) is 9. The SMILES string of the molecule is Cn1c(=O)n(C2CCC(=O)NC2=O)c2ccc(CC3CCN(C[C@@H]4CCN(C(=O)[C@@H](NC(=O)OC(C)(C)C)C(C)(C)C)[C@@H]4C(=O)N4CCO[C@H](c5ccccc5)C4)CC3)cc21. The summed E-state index contributed by atoms with van der Waals surface area (Å²) in [4.78, 5) is 86.3. The number of piperidine rings is 2. The maximum atomic E-state index is 14.8. The number of imidazole rings is 1. The minimum absolute atomic E-state index is 0.0869. The third-order valence-corrected chi connectivity index (χ3v) is 12.8. The highest BCUT2D eigenvalue weighted by Gasteiger charge is 2.48. The number of carbonyl (C=O) groups excluding carboxylic acids is 5. The Balaban J connectivity index is 1.05. The van der Waals surface area contributed by atoms with Gasteiger partial charge in [0.05, 0.1) is 24.2 Å². The van der Waals surface area contributed by atoms with E-state index < -0.39 is 41.1 Å². The molecule has 330 valence electrons. The van der Waals surface area contributed by atoms with Crippen molar-refractivity contribution >= 4 is 40.8 Å². The summed E-state index contributed by atoms with van der Waals surface area (Å²) in [6.07, 6.45) is 2.95. The first-order valence-electron chi connectivity index (χ1n) is 21.9. The lowest BCUT2D eigenvalue weighted by Crippen LogP contribution is -2.60. The number of aromatic nitrogens is 2. The molecule has 4 saturated heterocycles. The molecule has 1 unspecified atom stereocenters. The van der Waals surface area contributed by atoms with E-state index in [4.69, 9.17) is 9.47 Å². The van der Waals surface area contributed by atoms with Crippen LogP contribution in [0.4, 0.5) is 4.79 Å². The van der Waals surface area contributed by atoms with E-state index in [1.807, 2.05) is 74.2 Å². The van der Waals surface area contributed by atoms with E-state index in [0.717, 1.165) is 49.0 Å². The highest BCUT2D eigenvalue weighted by atomic mass is 16.6. The predicted octanol–water partition coefficient (Wildman–Crippen LogP) is 4.33. The highest BCUT2D eigenvalue weighted by Crippen LogP contribution is 2.34. The van der Waals surface area contributed by atoms with Crippen molar-refractivity contribution in [3.63, 3.8) is 0 Å². The van der Waals surface area contributed by atoms with Crippen molar-refractivity contribution < 1.29 is 33.4 Å². The van der Waals surface area contributed by atoms with Crippen molar-refractivity contribution in [1.82, 2.24) is 34.5 Å². The van der Waals surface area contributed by atoms with Gasteiger partial charge in [-0.15, -0.1) is 0 Å². The van der Waals surface area contributed by atoms with Gasteiger partial charge in [0.1, 0.15) is 29.8 Å². The zero-order valence-corrected chi connectivity index (χ0v) is 36.8. The summed E-state index contributed by atoms with van der Waals surface area (Å²) < 4.78 is 14.8. The number of carbonyl (C=O) groups is 5. The number of hydrogen-bond donors (Lipinski definition) is 2. The second kappa shape index (κ2) is 17.8. The van der Waals surface area contributed by atoms with E-state index in [2.05, 4.69) is 15.5 Å². The van der Waals surface area contributed by atoms with Gasteiger partial charge in [-0.3, -0.25) is 33.6 Å². The monoisotopic (exact) mass is 841 g/mol. The molecule has 7 rings (SSSR count). The number of nitrogens with zero attached hydrogens (tertiary/aromatic N) is 5. The van der Waals surface area contributed by atoms with Gasteiger partial charge in [0.2, 0.25) is 23.6 Å². The van der Waals surface area contributed by atoms with E-state index in [1.54, 1.807) is 37.3 Å². The van der Waals surface area contributed by atoms with Gasteiger partial charge in [-0.05, 0) is 101 Å². The zero-order chi connectivity index (χ0) is 43.8. The van der Waals surface area contributed by atoms with Gasteiger partial charge in [0.25, 0.3) is 0 Å². The Morgan fingerprint density at radius 2 is 1.62 bits per heavy atom. The van der Waals surface area contributed by atoms with Gasteiger partial charge in [-0.1, -0.05) is 57.2 Å². The Morgan fingerprint density at radius 3 is 2.30 bits per heavy atom. The van der Waals surface area contributed by atoms with Gasteiger partial charge in [-0.25, -0.2) is 9.59 Å². The summed E-state index contributed by atoms with van der Waals surface area (Å²) in [5.74, 6) is -0.831. The van der Waals surface area contributed by atoms with Gasteiger partial charge in [0.15, 0.2) is 0 Å². The quantitative estimate of drug-likeness (QED) is 0.299. The number of ether oxygens (including phenoxy) is 2. The summed E-state index contributed by atoms with van der Waals surface area (Å²) in [6, 6.07) is 13.6. The number of amides is 5. The predicted molar refractivity (Wildman–Crippen MR) is 229 cm³/mol. The smallest absolute Gasteiger partial charge is 0.408 e. The van der Waals surface area contributed by atoms with E-state index in [9.17, 15) is 28.8 Å². The van der Waals surface area contributed by atoms with Gasteiger partial charge in [-0.2, -0.15) is 0 Å². The van der Waals surface area contributed by atoms with Crippen molar-refractivity contribution in [1.29, 1.82) is 0 Å². The Labute approximate surface area is 358 Å². The number of alkyl carbamates (subject to hydrolysis) is 1. The molecule has 5 heterocycles. The molecule has 2 aromatic carbocycles. The number of morpholine rings is 1. The first kappa shape index (κ1) is 44.0. The van der Waals surface area contributed by atoms with Gasteiger partial charge >= 0.3 is 11.8 Å². The van der Waals surface area contributed by atoms with E-state index >= 15 is 0 Å². The minimum Gasteiger partial charge on any atom is -0.444 e. The molecular weight excluding hydrogens is 779 g/mol. The molecule has 2 N–H and O–H groups in total. The number of likely N-dealkylation sites (tertiary alicyclic amines) is 2. The Kier molecular flexibility index (Phi) is 12.8. The molecule has 4 fully saturated rings. The molecule has 0 spiro atoms. The number of benzene rings is 2. The standard InChI is InChI=1S/C46H63N7O8/c1-45(2,3)39(48-43(58)61-46(4,5)6)42(57)52-22-19-32(38(52)41(56)51-23-24-60-36(28-51)31-11-9-8-10-12-31)27-50-20-17-29(18-21-50)25-30-13-14-33-35(26-30)49(7)44(59)53(33)34-15-16-37(54)47-40(34)55/h8-14,26,29,32,34,36,38-39H,15-25,27-28H2,1-7H3,(H,48,58)(H,47,54,55)/t32-,34?,36-,38-,39+/m0/s1. The number of fused-ring (bicyclic) bond motifs is 1. The van der Waals surface area contributed by atoms with E-state index in [0.29, 0.717) is 57.1 Å². The van der Waals surface area contributed by atoms with Crippen LogP contribution in [0.1, 0.15) is 96.9 Å². The van der Waals surface area contributed by atoms with E-state index in [-0.39, 0.29) is 41.9 Å². The van der Waals surface area contributed by atoms with Crippen LogP contribution in [-0.2, 0) is 42.1 Å². The molecule has 0 saturated carbocycles. The first-order valence-corrected chi connectivity index (χ1v) is 21.9. The van der Waals surface area contributed by atoms with Crippen molar-refractivity contribution in [3.05, 3.63) is 70.1 Å². The van der Waals surface area contributed by atoms with Gasteiger partial charge in [0, 0.05) is 39.0 Å². The normalized spacial score (nSPS) is 23.9. The molecule has 3 aromatic rings. The third kappa shape index (κ3) is 9.88. The summed E-state index contributed by atoms with van der Waals surface area (Å²) in [6.45, 7) is 15.0. The van der Waals surface area contributed by atoms with Crippen molar-refractivity contribution in [3.8, 4) is 0 Å². The fraction of sp³-hybridized carbons (Fsp3) is 0.609. The van der Waals surface area contributed by atoms with Crippen LogP contribution in [0, 0.1) is 17.3 Å². The molecule has 4 aliphatic heterocycles. The van der Waals surface area contributed by atoms with Crippen LogP contribution in [-0.4, -0.2) is 117 Å². The first-order chi connectivity index (χ1) is 28.9. The van der Waals surface area contributed by atoms with Crippen molar-refractivity contribution in [2.45, 2.75) is 110 Å². The third-order valence-electron chi connectivity index (χ3n) is 12.8. The van der Waals surface area contributed by atoms with Gasteiger partial charge < -0.3 is 29.5 Å². The molecule has 0 radical (unpaired) electrons. The lowest BCUT2D eigenvalue weighted by Gasteiger charge is -2.41. The minimum atomic E-state index is -0.911. The molecule has 1 aromatic heterocycles. The molecule has 0 aliphatic carbocycles. The van der Waals surface area contributed by atoms with Crippen LogP contribution in [0.3, 0.4) is 0 Å². The maximum absolute atomic E-state index is 14.8. The van der Waals surface area contributed by atoms with Crippen LogP contribution in [0.5, 0.6) is 0 Å². The zero-order valence-electron chi connectivity index (χ0n) is 36.8. The van der Waals surface area contributed by atoms with Crippen LogP contribution < -0.4 is 16.3 Å². The summed E-state index contributed by atoms with van der Waals surface area (Å²) >= 11 is 0. The molecule has 61 heavy (non-hydrogen) atoms. The Bertz CT molecular complexity index is 2180. The molecular formula is C46H63N7O8. The maximum Gasteiger partial charge on any atom is 0.408 e. The molecule has 15 heteroatoms. The Morgan fingerprint density at radius 1 is 0.902 bits per heavy atom. The molecule has 0 bridgehead atoms. The van der Waals surface area contributed by atoms with Crippen LogP contribution in [0.15, 0.2) is 53.3 Å². The highest BCUT2D eigenvalue weighted by molar-refractivity contribution is 6.00. The number of nitrogens with one attached hydrogen (secondary N) is 2. The van der Waals surface area contributed by atoms with Crippen molar-refractivity contribution in [2.24, 2.45) is 24.3 Å². The fourth-order valence-corrected chi connectivity index (χ4v) is 9.58. The number of rotatable bonds is 9. The summed E-state index contributed by atoms with van der Waals surface area (Å²) in [7, 11) is 1.71. The average molecular weight is 842 g/mol. The molecule has 15 nitrogen and oxygen atoms in total. The average Bonchev–Trinajstić information content (AvgIpc) is 3.73. The van der Waals surface area contributed by atoms with Crippen LogP contribution in [0.2, 0.25) is 0 Å². The molecule has 4 aliphatic rings. The second-order valence-corrected chi connectivity index (χ2v) is 19.5. The largest absolute Gasteiger partial charge is 0.444 e. The van der Waals surface area contributed by atoms with E-state index in [1.165, 1.54) is 4.57 Å². The summed E-state index contributed by atoms with van der Waals surface area (Å²) in [5, 5.41) is 5.23. The van der Waals surface area contributed by atoms with Crippen molar-refractivity contribution in [2.75, 3.05) is 45.9 Å². The lowest BCUT2D eigenvalue weighted by molar-refractivity contribution is -0.152. The molecule has 5 amide bonds. The fourth-order valence-electron chi connectivity index (χ4n) is 9.58. The second-order valence-electron chi connectivity index (χ2n) is 19.5. The number of imide groups is 1. The van der Waals surface area contributed by atoms with Crippen LogP contribution >= 0.6 is 0 Å².